The largest absolute Gasteiger partial charge is 0.383 e. The van der Waals surface area contributed by atoms with Crippen LogP contribution in [0.25, 0.3) is 10.2 Å². The van der Waals surface area contributed by atoms with E-state index in [4.69, 9.17) is 4.74 Å². The summed E-state index contributed by atoms with van der Waals surface area (Å²) in [6, 6.07) is -0.0503. The standard InChI is InChI=1S/C18H27N3O3S2/c1-6-10(2)7-13-12(4)26-17-15(13)16(23)20-18(21-17)25-9-14(22)19-11(3)8-24-5/h10-11H,6-9H2,1-5H3,(H,19,22)(H,20,21,23)/t10-,11+/m0/s1. The number of nitrogens with one attached hydrogen (secondary N) is 2. The highest BCUT2D eigenvalue weighted by Crippen LogP contribution is 2.30. The molecular weight excluding hydrogens is 370 g/mol. The summed E-state index contributed by atoms with van der Waals surface area (Å²) in [5, 5.41) is 4.03. The van der Waals surface area contributed by atoms with Crippen molar-refractivity contribution in [2.75, 3.05) is 19.5 Å². The van der Waals surface area contributed by atoms with Crippen LogP contribution in [0, 0.1) is 12.8 Å². The van der Waals surface area contributed by atoms with Crippen LogP contribution in [0.5, 0.6) is 0 Å². The van der Waals surface area contributed by atoms with Crippen molar-refractivity contribution in [2.24, 2.45) is 5.92 Å². The van der Waals surface area contributed by atoms with Gasteiger partial charge in [0.1, 0.15) is 4.83 Å². The number of hydrogen-bond acceptors (Lipinski definition) is 6. The van der Waals surface area contributed by atoms with Crippen molar-refractivity contribution < 1.29 is 9.53 Å². The van der Waals surface area contributed by atoms with E-state index in [-0.39, 0.29) is 23.3 Å². The summed E-state index contributed by atoms with van der Waals surface area (Å²) in [4.78, 5) is 33.8. The Morgan fingerprint density at radius 3 is 2.81 bits per heavy atom. The van der Waals surface area contributed by atoms with Crippen LogP contribution in [0.15, 0.2) is 9.95 Å². The van der Waals surface area contributed by atoms with E-state index in [1.807, 2.05) is 13.8 Å². The molecule has 0 fully saturated rings. The Kier molecular flexibility index (Phi) is 7.67. The average Bonchev–Trinajstić information content (AvgIpc) is 2.89. The molecule has 2 heterocycles. The van der Waals surface area contributed by atoms with Gasteiger partial charge in [-0.25, -0.2) is 4.98 Å². The third kappa shape index (κ3) is 5.31. The maximum Gasteiger partial charge on any atom is 0.260 e. The van der Waals surface area contributed by atoms with Crippen LogP contribution >= 0.6 is 23.1 Å². The summed E-state index contributed by atoms with van der Waals surface area (Å²) in [6.07, 6.45) is 1.96. The highest BCUT2D eigenvalue weighted by molar-refractivity contribution is 7.99. The Labute approximate surface area is 162 Å². The van der Waals surface area contributed by atoms with E-state index in [1.165, 1.54) is 11.8 Å². The molecule has 2 aromatic heterocycles. The lowest BCUT2D eigenvalue weighted by molar-refractivity contribution is -0.119. The predicted molar refractivity (Wildman–Crippen MR) is 108 cm³/mol. The molecular formula is C18H27N3O3S2. The molecule has 0 bridgehead atoms. The second kappa shape index (κ2) is 9.53. The van der Waals surface area contributed by atoms with Gasteiger partial charge in [0.2, 0.25) is 5.91 Å². The van der Waals surface area contributed by atoms with Gasteiger partial charge in [-0.15, -0.1) is 11.3 Å². The summed E-state index contributed by atoms with van der Waals surface area (Å²) in [7, 11) is 1.60. The third-order valence-electron chi connectivity index (χ3n) is 4.25. The molecule has 2 rings (SSSR count). The van der Waals surface area contributed by atoms with Crippen LogP contribution in [-0.4, -0.2) is 41.4 Å². The van der Waals surface area contributed by atoms with Gasteiger partial charge >= 0.3 is 0 Å². The summed E-state index contributed by atoms with van der Waals surface area (Å²) in [5.74, 6) is 0.618. The number of thiophene rings is 1. The molecule has 0 aromatic carbocycles. The zero-order valence-corrected chi connectivity index (χ0v) is 17.6. The molecule has 0 aliphatic heterocycles. The number of aromatic amines is 1. The Balaban J connectivity index is 2.14. The first-order chi connectivity index (χ1) is 12.3. The van der Waals surface area contributed by atoms with Crippen molar-refractivity contribution >= 4 is 39.2 Å². The number of H-pyrrole nitrogens is 1. The zero-order chi connectivity index (χ0) is 19.3. The lowest BCUT2D eigenvalue weighted by atomic mass is 9.98. The third-order valence-corrected chi connectivity index (χ3v) is 6.17. The van der Waals surface area contributed by atoms with Gasteiger partial charge in [0, 0.05) is 18.0 Å². The van der Waals surface area contributed by atoms with Crippen LogP contribution < -0.4 is 10.9 Å². The second-order valence-electron chi connectivity index (χ2n) is 6.62. The molecule has 2 atom stereocenters. The van der Waals surface area contributed by atoms with Crippen LogP contribution in [0.1, 0.15) is 37.6 Å². The second-order valence-corrected chi connectivity index (χ2v) is 8.79. The smallest absolute Gasteiger partial charge is 0.260 e. The van der Waals surface area contributed by atoms with E-state index in [1.54, 1.807) is 18.4 Å². The van der Waals surface area contributed by atoms with Gasteiger partial charge < -0.3 is 15.0 Å². The Bertz CT molecular complexity index is 816. The summed E-state index contributed by atoms with van der Waals surface area (Å²) < 4.78 is 5.00. The van der Waals surface area contributed by atoms with E-state index in [0.717, 1.165) is 28.1 Å². The molecule has 144 valence electrons. The molecule has 8 heteroatoms. The van der Waals surface area contributed by atoms with Crippen molar-refractivity contribution in [1.82, 2.24) is 15.3 Å². The van der Waals surface area contributed by atoms with Gasteiger partial charge in [0.15, 0.2) is 5.16 Å². The number of nitrogens with zero attached hydrogens (tertiary/aromatic N) is 1. The van der Waals surface area contributed by atoms with Gasteiger partial charge in [-0.1, -0.05) is 32.0 Å². The minimum absolute atomic E-state index is 0.0503. The molecule has 2 aromatic rings. The normalized spacial score (nSPS) is 13.7. The van der Waals surface area contributed by atoms with E-state index in [0.29, 0.717) is 23.1 Å². The maximum atomic E-state index is 12.6. The van der Waals surface area contributed by atoms with Crippen molar-refractivity contribution in [2.45, 2.75) is 51.7 Å². The fourth-order valence-corrected chi connectivity index (χ4v) is 4.49. The number of fused-ring (bicyclic) bond motifs is 1. The first kappa shape index (κ1) is 20.9. The number of hydrogen-bond donors (Lipinski definition) is 2. The highest BCUT2D eigenvalue weighted by Gasteiger charge is 2.17. The summed E-state index contributed by atoms with van der Waals surface area (Å²) >= 11 is 2.79. The number of carbonyl (C=O) groups excluding carboxylic acids is 1. The molecule has 6 nitrogen and oxygen atoms in total. The first-order valence-electron chi connectivity index (χ1n) is 8.79. The molecule has 0 saturated carbocycles. The van der Waals surface area contributed by atoms with E-state index in [9.17, 15) is 9.59 Å². The number of aryl methyl sites for hydroxylation is 1. The molecule has 0 unspecified atom stereocenters. The fourth-order valence-electron chi connectivity index (χ4n) is 2.70. The molecule has 0 saturated heterocycles. The Morgan fingerprint density at radius 1 is 1.42 bits per heavy atom. The van der Waals surface area contributed by atoms with Gasteiger partial charge in [0.25, 0.3) is 5.56 Å². The number of rotatable bonds is 9. The van der Waals surface area contributed by atoms with Crippen molar-refractivity contribution in [1.29, 1.82) is 0 Å². The number of thioether (sulfide) groups is 1. The van der Waals surface area contributed by atoms with Gasteiger partial charge in [-0.3, -0.25) is 9.59 Å². The number of ether oxygens (including phenoxy) is 1. The monoisotopic (exact) mass is 397 g/mol. The maximum absolute atomic E-state index is 12.6. The van der Waals surface area contributed by atoms with Crippen LogP contribution in [0.2, 0.25) is 0 Å². The SMILES string of the molecule is CC[C@H](C)Cc1c(C)sc2nc(SCC(=O)N[C@H](C)COC)[nH]c(=O)c12. The first-order valence-corrected chi connectivity index (χ1v) is 10.6. The summed E-state index contributed by atoms with van der Waals surface area (Å²) in [5.41, 5.74) is 0.990. The summed E-state index contributed by atoms with van der Waals surface area (Å²) in [6.45, 7) is 8.74. The van der Waals surface area contributed by atoms with E-state index >= 15 is 0 Å². The van der Waals surface area contributed by atoms with Gasteiger partial charge in [-0.2, -0.15) is 0 Å². The lowest BCUT2D eigenvalue weighted by Crippen LogP contribution is -2.36. The number of methoxy groups -OCH3 is 1. The molecule has 0 aliphatic rings. The molecule has 0 spiro atoms. The number of carbonyl (C=O) groups is 1. The van der Waals surface area contributed by atoms with Crippen LogP contribution in [-0.2, 0) is 16.0 Å². The van der Waals surface area contributed by atoms with Crippen molar-refractivity contribution in [3.63, 3.8) is 0 Å². The molecule has 0 radical (unpaired) electrons. The highest BCUT2D eigenvalue weighted by atomic mass is 32.2. The lowest BCUT2D eigenvalue weighted by Gasteiger charge is -2.12. The quantitative estimate of drug-likeness (QED) is 0.502. The molecule has 26 heavy (non-hydrogen) atoms. The molecule has 2 N–H and O–H groups in total. The average molecular weight is 398 g/mol. The van der Waals surface area contributed by atoms with Crippen LogP contribution in [0.3, 0.4) is 0 Å². The number of amides is 1. The van der Waals surface area contributed by atoms with E-state index in [2.05, 4.69) is 29.1 Å². The molecule has 0 aliphatic carbocycles. The Hall–Kier alpha value is -1.38. The van der Waals surface area contributed by atoms with Crippen molar-refractivity contribution in [3.05, 3.63) is 20.8 Å². The Morgan fingerprint density at radius 2 is 2.15 bits per heavy atom. The van der Waals surface area contributed by atoms with Crippen LogP contribution in [0.4, 0.5) is 0 Å². The molecule has 1 amide bonds. The fraction of sp³-hybridized carbons (Fsp3) is 0.611. The van der Waals surface area contributed by atoms with Crippen molar-refractivity contribution in [3.8, 4) is 0 Å². The van der Waals surface area contributed by atoms with Gasteiger partial charge in [0.05, 0.1) is 17.7 Å². The number of aromatic nitrogens is 2. The minimum atomic E-state index is -0.117. The van der Waals surface area contributed by atoms with E-state index < -0.39 is 0 Å². The zero-order valence-electron chi connectivity index (χ0n) is 16.0. The topological polar surface area (TPSA) is 84.1 Å². The predicted octanol–water partition coefficient (Wildman–Crippen LogP) is 3.12. The van der Waals surface area contributed by atoms with Gasteiger partial charge in [-0.05, 0) is 31.7 Å². The minimum Gasteiger partial charge on any atom is -0.383 e.